The second kappa shape index (κ2) is 6.36. The molecule has 1 aliphatic rings. The first-order chi connectivity index (χ1) is 9.15. The lowest BCUT2D eigenvalue weighted by Crippen LogP contribution is -2.31. The number of ether oxygens (including phenoxy) is 1. The lowest BCUT2D eigenvalue weighted by atomic mass is 10.1. The van der Waals surface area contributed by atoms with Gasteiger partial charge >= 0.3 is 6.01 Å². The van der Waals surface area contributed by atoms with Gasteiger partial charge in [0.15, 0.2) is 0 Å². The number of piperidine rings is 1. The van der Waals surface area contributed by atoms with Crippen LogP contribution in [0.25, 0.3) is 0 Å². The van der Waals surface area contributed by atoms with Crippen molar-refractivity contribution < 1.29 is 4.74 Å². The zero-order valence-electron chi connectivity index (χ0n) is 11.4. The summed E-state index contributed by atoms with van der Waals surface area (Å²) in [5, 5.41) is 0. The van der Waals surface area contributed by atoms with Gasteiger partial charge in [-0.1, -0.05) is 5.57 Å². The highest BCUT2D eigenvalue weighted by atomic mass is 16.5. The first-order valence-corrected chi connectivity index (χ1v) is 6.69. The van der Waals surface area contributed by atoms with Crippen LogP contribution in [-0.2, 0) is 0 Å². The molecule has 1 aromatic heterocycles. The number of nitrogens with two attached hydrogens (primary N) is 1. The lowest BCUT2D eigenvalue weighted by molar-refractivity contribution is 0.295. The van der Waals surface area contributed by atoms with Crippen molar-refractivity contribution in [1.82, 2.24) is 15.0 Å². The van der Waals surface area contributed by atoms with E-state index in [1.807, 2.05) is 6.92 Å². The van der Waals surface area contributed by atoms with E-state index in [2.05, 4.69) is 26.4 Å². The number of nitrogen functional groups attached to an aromatic ring is 1. The number of anilines is 2. The van der Waals surface area contributed by atoms with Gasteiger partial charge in [0.2, 0.25) is 11.9 Å². The highest BCUT2D eigenvalue weighted by molar-refractivity contribution is 5.36. The fourth-order valence-corrected chi connectivity index (χ4v) is 1.98. The summed E-state index contributed by atoms with van der Waals surface area (Å²) in [6.45, 7) is 8.24. The van der Waals surface area contributed by atoms with Gasteiger partial charge in [-0.2, -0.15) is 15.0 Å². The molecule has 2 N–H and O–H groups in total. The highest BCUT2D eigenvalue weighted by Crippen LogP contribution is 2.18. The van der Waals surface area contributed by atoms with Crippen LogP contribution in [0.3, 0.4) is 0 Å². The first-order valence-electron chi connectivity index (χ1n) is 6.69. The molecule has 0 saturated carbocycles. The van der Waals surface area contributed by atoms with Crippen LogP contribution < -0.4 is 15.4 Å². The largest absolute Gasteiger partial charge is 0.463 e. The van der Waals surface area contributed by atoms with Crippen molar-refractivity contribution in [2.45, 2.75) is 32.6 Å². The number of aromatic nitrogens is 3. The molecule has 0 aliphatic carbocycles. The van der Waals surface area contributed by atoms with Crippen LogP contribution in [0, 0.1) is 0 Å². The maximum Gasteiger partial charge on any atom is 0.323 e. The van der Waals surface area contributed by atoms with Crippen LogP contribution in [0.5, 0.6) is 6.01 Å². The predicted molar refractivity (Wildman–Crippen MR) is 75.2 cm³/mol. The third-order valence-electron chi connectivity index (χ3n) is 3.02. The Morgan fingerprint density at radius 2 is 2.00 bits per heavy atom. The summed E-state index contributed by atoms with van der Waals surface area (Å²) in [7, 11) is 0. The Hall–Kier alpha value is -1.85. The van der Waals surface area contributed by atoms with E-state index in [4.69, 9.17) is 10.5 Å². The third kappa shape index (κ3) is 4.08. The van der Waals surface area contributed by atoms with Crippen LogP contribution in [0.15, 0.2) is 12.2 Å². The number of hydrogen-bond acceptors (Lipinski definition) is 6. The molecule has 0 radical (unpaired) electrons. The fourth-order valence-electron chi connectivity index (χ4n) is 1.98. The molecule has 1 fully saturated rings. The summed E-state index contributed by atoms with van der Waals surface area (Å²) in [4.78, 5) is 14.6. The quantitative estimate of drug-likeness (QED) is 0.816. The molecular weight excluding hydrogens is 242 g/mol. The van der Waals surface area contributed by atoms with E-state index < -0.39 is 0 Å². The first kappa shape index (κ1) is 13.6. The molecule has 0 spiro atoms. The van der Waals surface area contributed by atoms with E-state index in [-0.39, 0.29) is 5.95 Å². The van der Waals surface area contributed by atoms with E-state index in [1.54, 1.807) is 0 Å². The van der Waals surface area contributed by atoms with E-state index in [1.165, 1.54) is 6.42 Å². The van der Waals surface area contributed by atoms with Gasteiger partial charge in [-0.15, -0.1) is 6.58 Å². The number of hydrogen-bond donors (Lipinski definition) is 1. The molecule has 0 amide bonds. The fraction of sp³-hybridized carbons (Fsp3) is 0.615. The maximum absolute atomic E-state index is 5.71. The van der Waals surface area contributed by atoms with Gasteiger partial charge in [0.25, 0.3) is 0 Å². The second-order valence-electron chi connectivity index (χ2n) is 4.88. The molecule has 1 aliphatic heterocycles. The molecule has 0 unspecified atom stereocenters. The minimum Gasteiger partial charge on any atom is -0.463 e. The van der Waals surface area contributed by atoms with Crippen molar-refractivity contribution in [3.8, 4) is 6.01 Å². The van der Waals surface area contributed by atoms with Crippen LogP contribution in [0.2, 0.25) is 0 Å². The molecule has 2 heterocycles. The van der Waals surface area contributed by atoms with Gasteiger partial charge in [0.05, 0.1) is 6.61 Å². The Balaban J connectivity index is 2.03. The van der Waals surface area contributed by atoms with Crippen molar-refractivity contribution in [2.75, 3.05) is 30.3 Å². The molecule has 0 atom stereocenters. The normalized spacial score (nSPS) is 15.3. The summed E-state index contributed by atoms with van der Waals surface area (Å²) in [6.07, 6.45) is 4.37. The van der Waals surface area contributed by atoms with Gasteiger partial charge in [0, 0.05) is 19.5 Å². The number of rotatable bonds is 5. The molecule has 1 aromatic rings. The summed E-state index contributed by atoms with van der Waals surface area (Å²) in [6, 6.07) is 0.300. The SMILES string of the molecule is C=C(C)CCOc1nc(N)nc(N2CCCCC2)n1. The van der Waals surface area contributed by atoms with Crippen LogP contribution >= 0.6 is 0 Å². The van der Waals surface area contributed by atoms with E-state index >= 15 is 0 Å². The molecular formula is C13H21N5O. The number of nitrogens with zero attached hydrogens (tertiary/aromatic N) is 4. The third-order valence-corrected chi connectivity index (χ3v) is 3.02. The standard InChI is InChI=1S/C13H21N5O/c1-10(2)6-9-19-13-16-11(14)15-12(17-13)18-7-4-3-5-8-18/h1,3-9H2,2H3,(H2,14,15,16,17). The maximum atomic E-state index is 5.71. The summed E-state index contributed by atoms with van der Waals surface area (Å²) < 4.78 is 5.50. The van der Waals surface area contributed by atoms with E-state index in [0.29, 0.717) is 18.6 Å². The summed E-state index contributed by atoms with van der Waals surface area (Å²) in [5.41, 5.74) is 6.78. The molecule has 104 valence electrons. The average molecular weight is 263 g/mol. The van der Waals surface area contributed by atoms with Crippen LogP contribution in [0.1, 0.15) is 32.6 Å². The minimum absolute atomic E-state index is 0.209. The zero-order valence-corrected chi connectivity index (χ0v) is 11.4. The Bertz CT molecular complexity index is 443. The van der Waals surface area contributed by atoms with Gasteiger partial charge in [-0.05, 0) is 26.2 Å². The Kier molecular flexibility index (Phi) is 4.54. The van der Waals surface area contributed by atoms with Crippen molar-refractivity contribution in [3.05, 3.63) is 12.2 Å². The predicted octanol–water partition coefficient (Wildman–Crippen LogP) is 1.79. The van der Waals surface area contributed by atoms with Gasteiger partial charge < -0.3 is 15.4 Å². The van der Waals surface area contributed by atoms with Crippen molar-refractivity contribution in [2.24, 2.45) is 0 Å². The molecule has 2 rings (SSSR count). The van der Waals surface area contributed by atoms with Gasteiger partial charge in [-0.25, -0.2) is 0 Å². The molecule has 6 heteroatoms. The average Bonchev–Trinajstić information content (AvgIpc) is 2.39. The van der Waals surface area contributed by atoms with Crippen molar-refractivity contribution in [1.29, 1.82) is 0 Å². The highest BCUT2D eigenvalue weighted by Gasteiger charge is 2.15. The molecule has 1 saturated heterocycles. The zero-order chi connectivity index (χ0) is 13.7. The van der Waals surface area contributed by atoms with E-state index in [9.17, 15) is 0 Å². The Labute approximate surface area is 113 Å². The molecule has 19 heavy (non-hydrogen) atoms. The summed E-state index contributed by atoms with van der Waals surface area (Å²) in [5.74, 6) is 0.832. The molecule has 0 bridgehead atoms. The Morgan fingerprint density at radius 1 is 1.26 bits per heavy atom. The molecule has 6 nitrogen and oxygen atoms in total. The van der Waals surface area contributed by atoms with Crippen LogP contribution in [0.4, 0.5) is 11.9 Å². The smallest absolute Gasteiger partial charge is 0.323 e. The molecule has 0 aromatic carbocycles. The second-order valence-corrected chi connectivity index (χ2v) is 4.88. The topological polar surface area (TPSA) is 77.2 Å². The van der Waals surface area contributed by atoms with E-state index in [0.717, 1.165) is 37.9 Å². The van der Waals surface area contributed by atoms with Crippen molar-refractivity contribution in [3.63, 3.8) is 0 Å². The van der Waals surface area contributed by atoms with Crippen LogP contribution in [-0.4, -0.2) is 34.6 Å². The Morgan fingerprint density at radius 3 is 2.68 bits per heavy atom. The summed E-state index contributed by atoms with van der Waals surface area (Å²) >= 11 is 0. The van der Waals surface area contributed by atoms with Gasteiger partial charge in [0.1, 0.15) is 0 Å². The lowest BCUT2D eigenvalue weighted by Gasteiger charge is -2.26. The van der Waals surface area contributed by atoms with Gasteiger partial charge in [-0.3, -0.25) is 0 Å². The monoisotopic (exact) mass is 263 g/mol. The minimum atomic E-state index is 0.209. The van der Waals surface area contributed by atoms with Crippen molar-refractivity contribution >= 4 is 11.9 Å².